The van der Waals surface area contributed by atoms with Crippen molar-refractivity contribution in [1.29, 1.82) is 0 Å². The Morgan fingerprint density at radius 3 is 1.96 bits per heavy atom. The van der Waals surface area contributed by atoms with Gasteiger partial charge in [0, 0.05) is 6.61 Å². The zero-order valence-electron chi connectivity index (χ0n) is 14.1. The van der Waals surface area contributed by atoms with Crippen molar-refractivity contribution in [3.05, 3.63) is 48.6 Å². The molecule has 4 nitrogen and oxygen atoms in total. The summed E-state index contributed by atoms with van der Waals surface area (Å²) in [5.41, 5.74) is 0. The van der Waals surface area contributed by atoms with Gasteiger partial charge in [0.2, 0.25) is 0 Å². The minimum Gasteiger partial charge on any atom is -0.396 e. The highest BCUT2D eigenvalue weighted by Gasteiger charge is 2.11. The van der Waals surface area contributed by atoms with Gasteiger partial charge in [-0.1, -0.05) is 74.8 Å². The smallest absolute Gasteiger partial charge is 0.0982 e. The number of aliphatic hydroxyl groups excluding tert-OH is 4. The molecule has 0 saturated heterocycles. The van der Waals surface area contributed by atoms with E-state index in [1.54, 1.807) is 24.3 Å². The highest BCUT2D eigenvalue weighted by molar-refractivity contribution is 5.16. The van der Waals surface area contributed by atoms with E-state index in [0.717, 1.165) is 25.7 Å². The second-order valence-electron chi connectivity index (χ2n) is 5.53. The number of hydrogen-bond donors (Lipinski definition) is 4. The molecule has 0 radical (unpaired) electrons. The zero-order valence-corrected chi connectivity index (χ0v) is 14.1. The standard InChI is InChI=1S/C19H32O4/c1-2-3-8-12-17(21)13-9-6-4-5-7-10-14-18(22)19(23)15-11-16-20/h4-7,9-10,13-14,17-23H,2-3,8,11-12,15-16H2,1H3/b6-4-,7-5+,13-9+,14-10+. The molecule has 0 bridgehead atoms. The van der Waals surface area contributed by atoms with Crippen molar-refractivity contribution in [2.75, 3.05) is 6.61 Å². The monoisotopic (exact) mass is 324 g/mol. The first-order valence-electron chi connectivity index (χ1n) is 8.45. The van der Waals surface area contributed by atoms with Crippen LogP contribution in [-0.4, -0.2) is 45.3 Å². The average molecular weight is 324 g/mol. The first-order valence-corrected chi connectivity index (χ1v) is 8.45. The Morgan fingerprint density at radius 1 is 0.739 bits per heavy atom. The highest BCUT2D eigenvalue weighted by atomic mass is 16.3. The first-order chi connectivity index (χ1) is 11.1. The highest BCUT2D eigenvalue weighted by Crippen LogP contribution is 2.05. The van der Waals surface area contributed by atoms with Crippen molar-refractivity contribution in [3.8, 4) is 0 Å². The summed E-state index contributed by atoms with van der Waals surface area (Å²) in [5.74, 6) is 0. The van der Waals surface area contributed by atoms with E-state index in [1.807, 2.05) is 18.2 Å². The molecule has 4 N–H and O–H groups in total. The van der Waals surface area contributed by atoms with Crippen molar-refractivity contribution in [2.24, 2.45) is 0 Å². The lowest BCUT2D eigenvalue weighted by atomic mass is 10.1. The third-order valence-corrected chi connectivity index (χ3v) is 3.35. The molecule has 0 amide bonds. The van der Waals surface area contributed by atoms with Crippen molar-refractivity contribution < 1.29 is 20.4 Å². The topological polar surface area (TPSA) is 80.9 Å². The molecule has 3 atom stereocenters. The van der Waals surface area contributed by atoms with Gasteiger partial charge in [0.15, 0.2) is 0 Å². The average Bonchev–Trinajstić information content (AvgIpc) is 2.54. The van der Waals surface area contributed by atoms with Crippen LogP contribution in [0.1, 0.15) is 45.4 Å². The largest absolute Gasteiger partial charge is 0.396 e. The van der Waals surface area contributed by atoms with Gasteiger partial charge in [0.25, 0.3) is 0 Å². The number of rotatable bonds is 13. The molecule has 0 rings (SSSR count). The van der Waals surface area contributed by atoms with Crippen molar-refractivity contribution in [1.82, 2.24) is 0 Å². The fourth-order valence-corrected chi connectivity index (χ4v) is 1.93. The lowest BCUT2D eigenvalue weighted by Crippen LogP contribution is -2.23. The molecule has 0 aromatic carbocycles. The summed E-state index contributed by atoms with van der Waals surface area (Å²) in [6.07, 6.45) is 16.8. The summed E-state index contributed by atoms with van der Waals surface area (Å²) in [4.78, 5) is 0. The molecule has 0 aromatic rings. The van der Waals surface area contributed by atoms with Crippen LogP contribution in [0.5, 0.6) is 0 Å². The summed E-state index contributed by atoms with van der Waals surface area (Å²) in [5, 5.41) is 37.5. The van der Waals surface area contributed by atoms with Gasteiger partial charge in [-0.05, 0) is 19.3 Å². The summed E-state index contributed by atoms with van der Waals surface area (Å²) in [6.45, 7) is 2.15. The minimum atomic E-state index is -0.923. The molecule has 0 saturated carbocycles. The quantitative estimate of drug-likeness (QED) is 0.310. The number of aliphatic hydroxyl groups is 4. The Balaban J connectivity index is 3.93. The third-order valence-electron chi connectivity index (χ3n) is 3.35. The van der Waals surface area contributed by atoms with Crippen molar-refractivity contribution in [2.45, 2.75) is 63.8 Å². The van der Waals surface area contributed by atoms with E-state index in [9.17, 15) is 15.3 Å². The molecular weight excluding hydrogens is 292 g/mol. The van der Waals surface area contributed by atoms with Crippen LogP contribution in [0.3, 0.4) is 0 Å². The fraction of sp³-hybridized carbons (Fsp3) is 0.579. The van der Waals surface area contributed by atoms with Crippen LogP contribution in [0, 0.1) is 0 Å². The second-order valence-corrected chi connectivity index (χ2v) is 5.53. The van der Waals surface area contributed by atoms with Gasteiger partial charge in [-0.15, -0.1) is 0 Å². The normalized spacial score (nSPS) is 16.9. The third kappa shape index (κ3) is 14.1. The van der Waals surface area contributed by atoms with E-state index in [4.69, 9.17) is 5.11 Å². The van der Waals surface area contributed by atoms with Gasteiger partial charge >= 0.3 is 0 Å². The Hall–Kier alpha value is -1.20. The van der Waals surface area contributed by atoms with Gasteiger partial charge in [-0.2, -0.15) is 0 Å². The van der Waals surface area contributed by atoms with Crippen molar-refractivity contribution in [3.63, 3.8) is 0 Å². The van der Waals surface area contributed by atoms with Crippen LogP contribution < -0.4 is 0 Å². The number of allylic oxidation sites excluding steroid dienone is 6. The van der Waals surface area contributed by atoms with Crippen molar-refractivity contribution >= 4 is 0 Å². The Labute approximate surface area is 140 Å². The molecule has 132 valence electrons. The molecule has 4 heteroatoms. The predicted molar refractivity (Wildman–Crippen MR) is 95.0 cm³/mol. The maximum atomic E-state index is 9.67. The lowest BCUT2D eigenvalue weighted by molar-refractivity contribution is 0.0387. The Bertz CT molecular complexity index is 372. The van der Waals surface area contributed by atoms with E-state index in [2.05, 4.69) is 6.92 Å². The predicted octanol–water partition coefficient (Wildman–Crippen LogP) is 2.65. The van der Waals surface area contributed by atoms with Gasteiger partial charge in [-0.3, -0.25) is 0 Å². The first kappa shape index (κ1) is 21.8. The molecule has 23 heavy (non-hydrogen) atoms. The van der Waals surface area contributed by atoms with Gasteiger partial charge in [0.1, 0.15) is 0 Å². The Morgan fingerprint density at radius 2 is 1.35 bits per heavy atom. The molecule has 0 spiro atoms. The van der Waals surface area contributed by atoms with E-state index in [-0.39, 0.29) is 12.7 Å². The van der Waals surface area contributed by atoms with Crippen LogP contribution in [0.4, 0.5) is 0 Å². The van der Waals surface area contributed by atoms with Gasteiger partial charge < -0.3 is 20.4 Å². The molecule has 0 fully saturated rings. The summed E-state index contributed by atoms with van der Waals surface area (Å²) < 4.78 is 0. The SMILES string of the molecule is CCCCCC(O)/C=C/C=C\C=C\C=C\C(O)C(O)CCCO. The summed E-state index contributed by atoms with van der Waals surface area (Å²) in [7, 11) is 0. The summed E-state index contributed by atoms with van der Waals surface area (Å²) in [6, 6.07) is 0. The Kier molecular flexibility index (Phi) is 14.9. The molecule has 0 aromatic heterocycles. The number of hydrogen-bond acceptors (Lipinski definition) is 4. The van der Waals surface area contributed by atoms with Crippen LogP contribution >= 0.6 is 0 Å². The molecule has 0 aliphatic rings. The minimum absolute atomic E-state index is 0.0129. The van der Waals surface area contributed by atoms with E-state index in [1.165, 1.54) is 6.08 Å². The summed E-state index contributed by atoms with van der Waals surface area (Å²) >= 11 is 0. The van der Waals surface area contributed by atoms with Gasteiger partial charge in [-0.25, -0.2) is 0 Å². The number of unbranched alkanes of at least 4 members (excludes halogenated alkanes) is 2. The molecular formula is C19H32O4. The maximum absolute atomic E-state index is 9.67. The molecule has 0 aliphatic heterocycles. The molecule has 0 aliphatic carbocycles. The van der Waals surface area contributed by atoms with E-state index < -0.39 is 12.2 Å². The lowest BCUT2D eigenvalue weighted by Gasteiger charge is -2.13. The maximum Gasteiger partial charge on any atom is 0.0982 e. The van der Waals surface area contributed by atoms with Crippen LogP contribution in [0.15, 0.2) is 48.6 Å². The second kappa shape index (κ2) is 15.7. The molecule has 3 unspecified atom stereocenters. The van der Waals surface area contributed by atoms with E-state index in [0.29, 0.717) is 12.8 Å². The zero-order chi connectivity index (χ0) is 17.3. The van der Waals surface area contributed by atoms with Gasteiger partial charge in [0.05, 0.1) is 18.3 Å². The van der Waals surface area contributed by atoms with Crippen LogP contribution in [0.2, 0.25) is 0 Å². The fourth-order valence-electron chi connectivity index (χ4n) is 1.93. The van der Waals surface area contributed by atoms with Crippen LogP contribution in [0.25, 0.3) is 0 Å². The molecule has 0 heterocycles. The van der Waals surface area contributed by atoms with E-state index >= 15 is 0 Å². The van der Waals surface area contributed by atoms with Crippen LogP contribution in [-0.2, 0) is 0 Å².